The van der Waals surface area contributed by atoms with Gasteiger partial charge in [0.15, 0.2) is 11.6 Å². The highest BCUT2D eigenvalue weighted by atomic mass is 35.5. The number of carboxylic acids is 1. The van der Waals surface area contributed by atoms with Gasteiger partial charge < -0.3 is 34.7 Å². The monoisotopic (exact) mass is 626 g/mol. The third-order valence-electron chi connectivity index (χ3n) is 4.21. The Hall–Kier alpha value is -3.42. The number of rotatable bonds is 12. The lowest BCUT2D eigenvalue weighted by Crippen LogP contribution is -2.43. The molecule has 0 rings (SSSR count). The van der Waals surface area contributed by atoms with Crippen molar-refractivity contribution in [2.45, 2.75) is 118 Å². The maximum atomic E-state index is 11.5. The topological polar surface area (TPSA) is 201 Å². The van der Waals surface area contributed by atoms with Crippen LogP contribution in [0.15, 0.2) is 0 Å². The van der Waals surface area contributed by atoms with E-state index in [1.165, 1.54) is 13.8 Å². The van der Waals surface area contributed by atoms with E-state index < -0.39 is 46.9 Å². The maximum Gasteiger partial charge on any atom is 0.408 e. The molecule has 15 heteroatoms. The first-order chi connectivity index (χ1) is 19.0. The Morgan fingerprint density at radius 3 is 1.29 bits per heavy atom. The number of carbonyl (C=O) groups is 7. The molecule has 0 aliphatic heterocycles. The summed E-state index contributed by atoms with van der Waals surface area (Å²) in [7, 11) is 0. The molecule has 0 bridgehead atoms. The van der Waals surface area contributed by atoms with Crippen LogP contribution in [0.2, 0.25) is 0 Å². The average molecular weight is 627 g/mol. The van der Waals surface area contributed by atoms with E-state index in [2.05, 4.69) is 15.4 Å². The van der Waals surface area contributed by atoms with Crippen LogP contribution in [0.5, 0.6) is 0 Å². The normalized spacial score (nSPS) is 11.9. The van der Waals surface area contributed by atoms with E-state index >= 15 is 0 Å². The van der Waals surface area contributed by atoms with Gasteiger partial charge in [0.05, 0.1) is 25.3 Å². The van der Waals surface area contributed by atoms with Crippen molar-refractivity contribution in [1.82, 2.24) is 10.6 Å². The van der Waals surface area contributed by atoms with Gasteiger partial charge in [0.25, 0.3) is 0 Å². The number of aliphatic carboxylic acids is 1. The Morgan fingerprint density at radius 2 is 1.05 bits per heavy atom. The lowest BCUT2D eigenvalue weighted by atomic mass is 10.1. The quantitative estimate of drug-likeness (QED) is 0.155. The first-order valence-corrected chi connectivity index (χ1v) is 13.6. The molecule has 0 fully saturated rings. The van der Waals surface area contributed by atoms with E-state index in [4.69, 9.17) is 30.9 Å². The van der Waals surface area contributed by atoms with Crippen molar-refractivity contribution in [2.24, 2.45) is 0 Å². The summed E-state index contributed by atoms with van der Waals surface area (Å²) in [5.41, 5.74) is -2.03. The molecule has 2 atom stereocenters. The number of carboxylic acid groups (broad SMARTS) is 1. The van der Waals surface area contributed by atoms with Crippen molar-refractivity contribution in [2.75, 3.05) is 13.2 Å². The Balaban J connectivity index is -0.000000609. The predicted molar refractivity (Wildman–Crippen MR) is 153 cm³/mol. The van der Waals surface area contributed by atoms with Crippen LogP contribution in [0.1, 0.15) is 94.9 Å². The summed E-state index contributed by atoms with van der Waals surface area (Å²) in [6.07, 6.45) is -1.23. The molecular weight excluding hydrogens is 580 g/mol. The second-order valence-corrected chi connectivity index (χ2v) is 10.9. The Bertz CT molecular complexity index is 895. The lowest BCUT2D eigenvalue weighted by molar-refractivity contribution is -0.143. The minimum atomic E-state index is -1.01. The fourth-order valence-corrected chi connectivity index (χ4v) is 2.64. The van der Waals surface area contributed by atoms with E-state index in [9.17, 15) is 33.6 Å². The molecule has 0 aromatic carbocycles. The first kappa shape index (κ1) is 43.0. The molecule has 0 aromatic rings. The van der Waals surface area contributed by atoms with Crippen LogP contribution in [0, 0.1) is 0 Å². The first-order valence-electron chi connectivity index (χ1n) is 13.2. The van der Waals surface area contributed by atoms with Gasteiger partial charge in [0.1, 0.15) is 11.2 Å². The number of hydrogen-bond donors (Lipinski definition) is 3. The lowest BCUT2D eigenvalue weighted by Gasteiger charge is -2.22. The molecular formula is C27H47ClN2O12. The summed E-state index contributed by atoms with van der Waals surface area (Å²) in [5.74, 6) is -1.92. The minimum absolute atomic E-state index is 0.0594. The molecule has 3 N–H and O–H groups in total. The molecule has 0 heterocycles. The van der Waals surface area contributed by atoms with E-state index in [-0.39, 0.29) is 43.2 Å². The van der Waals surface area contributed by atoms with E-state index in [1.807, 2.05) is 0 Å². The molecule has 0 spiro atoms. The molecule has 0 saturated carbocycles. The summed E-state index contributed by atoms with van der Waals surface area (Å²) >= 11 is 4.72. The zero-order valence-electron chi connectivity index (χ0n) is 26.2. The number of amides is 2. The highest BCUT2D eigenvalue weighted by Crippen LogP contribution is 2.09. The van der Waals surface area contributed by atoms with Gasteiger partial charge in [-0.15, -0.1) is 0 Å². The van der Waals surface area contributed by atoms with Crippen LogP contribution in [-0.2, 0) is 38.1 Å². The van der Waals surface area contributed by atoms with Gasteiger partial charge in [-0.3, -0.25) is 19.2 Å². The molecule has 0 saturated heterocycles. The van der Waals surface area contributed by atoms with Crippen LogP contribution >= 0.6 is 11.6 Å². The van der Waals surface area contributed by atoms with Gasteiger partial charge in [-0.1, -0.05) is 0 Å². The SMILES string of the molecule is CC(=O)[C@H](CCC(=O)O)NC(=O)OC(C)(C)C.CCOC(=O)CC[C@H](NC(=O)OC(C)(C)C)C(C)=O.CCOC(=O)Cl. The number of Topliss-reactive ketones (excluding diaryl/α,β-unsaturated/α-hetero) is 2. The summed E-state index contributed by atoms with van der Waals surface area (Å²) in [6.45, 7) is 17.0. The smallest absolute Gasteiger partial charge is 0.408 e. The molecule has 0 aliphatic rings. The Morgan fingerprint density at radius 1 is 0.690 bits per heavy atom. The van der Waals surface area contributed by atoms with Crippen molar-refractivity contribution in [3.05, 3.63) is 0 Å². The second kappa shape index (κ2) is 22.2. The van der Waals surface area contributed by atoms with Crippen LogP contribution < -0.4 is 10.6 Å². The van der Waals surface area contributed by atoms with Gasteiger partial charge >= 0.3 is 29.6 Å². The molecule has 244 valence electrons. The van der Waals surface area contributed by atoms with Crippen LogP contribution in [0.25, 0.3) is 0 Å². The largest absolute Gasteiger partial charge is 0.481 e. The molecule has 0 unspecified atom stereocenters. The number of ketones is 2. The highest BCUT2D eigenvalue weighted by Gasteiger charge is 2.23. The summed E-state index contributed by atoms with van der Waals surface area (Å²) < 4.78 is 19.0. The van der Waals surface area contributed by atoms with E-state index in [1.54, 1.807) is 55.4 Å². The minimum Gasteiger partial charge on any atom is -0.481 e. The zero-order valence-corrected chi connectivity index (χ0v) is 27.0. The maximum absolute atomic E-state index is 11.5. The van der Waals surface area contributed by atoms with E-state index in [0.29, 0.717) is 13.2 Å². The molecule has 0 aromatic heterocycles. The van der Waals surface area contributed by atoms with Gasteiger partial charge in [0, 0.05) is 24.4 Å². The molecule has 0 aliphatic carbocycles. The van der Waals surface area contributed by atoms with Crippen molar-refractivity contribution in [1.29, 1.82) is 0 Å². The number of nitrogens with one attached hydrogen (secondary N) is 2. The molecule has 2 amide bonds. The number of ether oxygens (including phenoxy) is 4. The van der Waals surface area contributed by atoms with Crippen molar-refractivity contribution >= 4 is 52.7 Å². The summed E-state index contributed by atoms with van der Waals surface area (Å²) in [6, 6.07) is -1.56. The second-order valence-electron chi connectivity index (χ2n) is 10.6. The van der Waals surface area contributed by atoms with Crippen LogP contribution in [0.4, 0.5) is 14.4 Å². The third kappa shape index (κ3) is 31.1. The van der Waals surface area contributed by atoms with Gasteiger partial charge in [0.2, 0.25) is 0 Å². The standard InChI is InChI=1S/C13H23NO5.C11H19NO5.C3H5ClO2/c1-6-18-11(16)8-7-10(9(2)15)14-12(17)19-13(3,4)5;1-7(13)8(5-6-9(14)15)12-10(16)17-11(2,3)4;1-2-6-3(4)5/h10H,6-8H2,1-5H3,(H,14,17);8H,5-6H2,1-4H3,(H,12,16)(H,14,15);2H2,1H3/t10-;8-;/m00./s1. The van der Waals surface area contributed by atoms with Gasteiger partial charge in [-0.25, -0.2) is 14.4 Å². The van der Waals surface area contributed by atoms with Crippen LogP contribution in [-0.4, -0.2) is 82.7 Å². The fourth-order valence-electron chi connectivity index (χ4n) is 2.53. The number of carbonyl (C=O) groups excluding carboxylic acids is 6. The van der Waals surface area contributed by atoms with Gasteiger partial charge in [-0.05, 0) is 82.1 Å². The Labute approximate surface area is 252 Å². The predicted octanol–water partition coefficient (Wildman–Crippen LogP) is 4.53. The molecule has 42 heavy (non-hydrogen) atoms. The van der Waals surface area contributed by atoms with Crippen molar-refractivity contribution in [3.8, 4) is 0 Å². The van der Waals surface area contributed by atoms with Crippen molar-refractivity contribution < 1.29 is 57.6 Å². The summed E-state index contributed by atoms with van der Waals surface area (Å²) in [5, 5.41) is 13.3. The number of alkyl carbamates (subject to hydrolysis) is 2. The number of halogens is 1. The van der Waals surface area contributed by atoms with Crippen LogP contribution in [0.3, 0.4) is 0 Å². The molecule has 14 nitrogen and oxygen atoms in total. The molecule has 0 radical (unpaired) electrons. The zero-order chi connectivity index (χ0) is 33.7. The fraction of sp³-hybridized carbons (Fsp3) is 0.741. The summed E-state index contributed by atoms with van der Waals surface area (Å²) in [4.78, 5) is 76.7. The average Bonchev–Trinajstić information content (AvgIpc) is 2.77. The number of hydrogen-bond acceptors (Lipinski definition) is 11. The highest BCUT2D eigenvalue weighted by molar-refractivity contribution is 6.61. The number of esters is 1. The third-order valence-corrected chi connectivity index (χ3v) is 4.32. The Kier molecular flexibility index (Phi) is 22.8. The van der Waals surface area contributed by atoms with Crippen molar-refractivity contribution in [3.63, 3.8) is 0 Å². The van der Waals surface area contributed by atoms with Gasteiger partial charge in [-0.2, -0.15) is 0 Å². The van der Waals surface area contributed by atoms with E-state index in [0.717, 1.165) is 0 Å².